The van der Waals surface area contributed by atoms with Crippen LogP contribution in [0.25, 0.3) is 11.4 Å². The molecular formula is C15H11ClN4OS. The van der Waals surface area contributed by atoms with Gasteiger partial charge in [0.2, 0.25) is 4.77 Å². The van der Waals surface area contributed by atoms with E-state index >= 15 is 0 Å². The fraction of sp³-hybridized carbons (Fsp3) is 0. The number of phenols is 1. The highest BCUT2D eigenvalue weighted by atomic mass is 35.5. The molecule has 0 aliphatic heterocycles. The van der Waals surface area contributed by atoms with E-state index < -0.39 is 0 Å². The Kier molecular flexibility index (Phi) is 4.04. The molecule has 22 heavy (non-hydrogen) atoms. The molecule has 0 atom stereocenters. The highest BCUT2D eigenvalue weighted by Crippen LogP contribution is 2.20. The quantitative estimate of drug-likeness (QED) is 0.566. The van der Waals surface area contributed by atoms with Gasteiger partial charge < -0.3 is 5.11 Å². The second-order valence-corrected chi connectivity index (χ2v) is 5.33. The summed E-state index contributed by atoms with van der Waals surface area (Å²) in [4.78, 5) is 0. The molecule has 0 saturated carbocycles. The lowest BCUT2D eigenvalue weighted by Gasteiger charge is -2.01. The Labute approximate surface area is 136 Å². The van der Waals surface area contributed by atoms with Gasteiger partial charge in [-0.3, -0.25) is 0 Å². The van der Waals surface area contributed by atoms with E-state index in [0.29, 0.717) is 15.6 Å². The summed E-state index contributed by atoms with van der Waals surface area (Å²) in [5.74, 6) is 0.802. The number of benzene rings is 2. The summed E-state index contributed by atoms with van der Waals surface area (Å²) in [5.41, 5.74) is 1.68. The number of H-pyrrole nitrogens is 1. The third kappa shape index (κ3) is 3.08. The average molecular weight is 331 g/mol. The van der Waals surface area contributed by atoms with Crippen LogP contribution in [0.4, 0.5) is 0 Å². The number of nitrogens with zero attached hydrogens (tertiary/aromatic N) is 3. The standard InChI is InChI=1S/C15H11ClN4OS/c16-12-5-3-11(4-6-12)14-18-19-15(22)20(14)17-9-10-1-7-13(21)8-2-10/h1-9,21H,(H,19,22)/b17-9+. The van der Waals surface area contributed by atoms with Crippen molar-refractivity contribution in [3.8, 4) is 17.1 Å². The van der Waals surface area contributed by atoms with Crippen molar-refractivity contribution in [1.29, 1.82) is 0 Å². The number of halogens is 1. The summed E-state index contributed by atoms with van der Waals surface area (Å²) in [6, 6.07) is 14.0. The lowest BCUT2D eigenvalue weighted by Crippen LogP contribution is -1.94. The first-order valence-electron chi connectivity index (χ1n) is 6.40. The van der Waals surface area contributed by atoms with Crippen LogP contribution in [0, 0.1) is 4.77 Å². The molecule has 0 aliphatic carbocycles. The molecule has 110 valence electrons. The van der Waals surface area contributed by atoms with Crippen molar-refractivity contribution >= 4 is 30.0 Å². The third-order valence-electron chi connectivity index (χ3n) is 2.97. The number of nitrogens with one attached hydrogen (secondary N) is 1. The minimum atomic E-state index is 0.207. The monoisotopic (exact) mass is 330 g/mol. The maximum absolute atomic E-state index is 9.28. The summed E-state index contributed by atoms with van der Waals surface area (Å²) >= 11 is 11.1. The minimum absolute atomic E-state index is 0.207. The molecule has 7 heteroatoms. The maximum atomic E-state index is 9.28. The van der Waals surface area contributed by atoms with Crippen LogP contribution in [0.1, 0.15) is 5.56 Å². The molecule has 0 bridgehead atoms. The maximum Gasteiger partial charge on any atom is 0.216 e. The Bertz CT molecular complexity index is 866. The van der Waals surface area contributed by atoms with E-state index in [4.69, 9.17) is 23.8 Å². The molecule has 1 heterocycles. The van der Waals surface area contributed by atoms with Crippen LogP contribution in [0.2, 0.25) is 5.02 Å². The minimum Gasteiger partial charge on any atom is -0.508 e. The van der Waals surface area contributed by atoms with Crippen LogP contribution >= 0.6 is 23.8 Å². The Hall–Kier alpha value is -2.44. The van der Waals surface area contributed by atoms with Gasteiger partial charge in [-0.25, -0.2) is 5.10 Å². The number of aromatic amines is 1. The topological polar surface area (TPSA) is 66.2 Å². The van der Waals surface area contributed by atoms with Crippen LogP contribution in [0.5, 0.6) is 5.75 Å². The van der Waals surface area contributed by atoms with Crippen LogP contribution < -0.4 is 0 Å². The Morgan fingerprint density at radius 3 is 2.50 bits per heavy atom. The van der Waals surface area contributed by atoms with Crippen LogP contribution in [0.3, 0.4) is 0 Å². The number of aromatic hydroxyl groups is 1. The number of hydrogen-bond acceptors (Lipinski definition) is 4. The third-order valence-corrected chi connectivity index (χ3v) is 3.48. The molecule has 0 fully saturated rings. The molecular weight excluding hydrogens is 320 g/mol. The van der Waals surface area contributed by atoms with Crippen molar-refractivity contribution in [3.05, 3.63) is 63.9 Å². The van der Waals surface area contributed by atoms with Crippen molar-refractivity contribution in [2.45, 2.75) is 0 Å². The molecule has 3 rings (SSSR count). The van der Waals surface area contributed by atoms with E-state index in [1.165, 1.54) is 4.68 Å². The summed E-state index contributed by atoms with van der Waals surface area (Å²) < 4.78 is 1.92. The van der Waals surface area contributed by atoms with Gasteiger partial charge in [-0.1, -0.05) is 11.6 Å². The van der Waals surface area contributed by atoms with Crippen molar-refractivity contribution in [1.82, 2.24) is 14.9 Å². The van der Waals surface area contributed by atoms with E-state index in [1.54, 1.807) is 42.6 Å². The normalized spacial score (nSPS) is 11.1. The van der Waals surface area contributed by atoms with Crippen LogP contribution in [-0.4, -0.2) is 26.2 Å². The molecule has 2 aromatic carbocycles. The first kappa shape index (κ1) is 14.5. The number of rotatable bonds is 3. The molecule has 5 nitrogen and oxygen atoms in total. The number of phenolic OH excluding ortho intramolecular Hbond substituents is 1. The van der Waals surface area contributed by atoms with Crippen molar-refractivity contribution in [2.75, 3.05) is 0 Å². The van der Waals surface area contributed by atoms with E-state index in [0.717, 1.165) is 11.1 Å². The summed E-state index contributed by atoms with van der Waals surface area (Å²) in [5, 5.41) is 21.2. The Morgan fingerprint density at radius 2 is 1.82 bits per heavy atom. The van der Waals surface area contributed by atoms with Gasteiger partial charge in [-0.05, 0) is 66.3 Å². The highest BCUT2D eigenvalue weighted by molar-refractivity contribution is 7.71. The molecule has 0 unspecified atom stereocenters. The van der Waals surface area contributed by atoms with Gasteiger partial charge in [-0.15, -0.1) is 0 Å². The van der Waals surface area contributed by atoms with Gasteiger partial charge >= 0.3 is 0 Å². The van der Waals surface area contributed by atoms with E-state index in [2.05, 4.69) is 15.3 Å². The first-order valence-corrected chi connectivity index (χ1v) is 7.19. The van der Waals surface area contributed by atoms with Crippen molar-refractivity contribution < 1.29 is 5.11 Å². The molecule has 0 aliphatic rings. The molecule has 0 saturated heterocycles. The lowest BCUT2D eigenvalue weighted by molar-refractivity contribution is 0.475. The fourth-order valence-corrected chi connectivity index (χ4v) is 2.17. The van der Waals surface area contributed by atoms with Gasteiger partial charge in [0.15, 0.2) is 5.82 Å². The molecule has 0 radical (unpaired) electrons. The molecule has 3 aromatic rings. The fourth-order valence-electron chi connectivity index (χ4n) is 1.87. The van der Waals surface area contributed by atoms with Crippen molar-refractivity contribution in [3.63, 3.8) is 0 Å². The smallest absolute Gasteiger partial charge is 0.216 e. The van der Waals surface area contributed by atoms with Crippen LogP contribution in [-0.2, 0) is 0 Å². The second kappa shape index (κ2) is 6.13. The lowest BCUT2D eigenvalue weighted by atomic mass is 10.2. The molecule has 1 aromatic heterocycles. The van der Waals surface area contributed by atoms with Gasteiger partial charge in [0.05, 0.1) is 6.21 Å². The Balaban J connectivity index is 1.97. The molecule has 0 spiro atoms. The van der Waals surface area contributed by atoms with E-state index in [-0.39, 0.29) is 5.75 Å². The molecule has 2 N–H and O–H groups in total. The zero-order valence-corrected chi connectivity index (χ0v) is 12.8. The zero-order valence-electron chi connectivity index (χ0n) is 11.3. The Morgan fingerprint density at radius 1 is 1.14 bits per heavy atom. The predicted octanol–water partition coefficient (Wildman–Crippen LogP) is 3.85. The van der Waals surface area contributed by atoms with E-state index in [1.807, 2.05) is 12.1 Å². The predicted molar refractivity (Wildman–Crippen MR) is 89.0 cm³/mol. The first-order chi connectivity index (χ1) is 10.6. The SMILES string of the molecule is Oc1ccc(/C=N/n2c(-c3ccc(Cl)cc3)n[nH]c2=S)cc1. The van der Waals surface area contributed by atoms with Gasteiger partial charge in [-0.2, -0.15) is 14.9 Å². The zero-order chi connectivity index (χ0) is 15.5. The highest BCUT2D eigenvalue weighted by Gasteiger charge is 2.07. The van der Waals surface area contributed by atoms with Crippen molar-refractivity contribution in [2.24, 2.45) is 5.10 Å². The largest absolute Gasteiger partial charge is 0.508 e. The number of hydrogen-bond donors (Lipinski definition) is 2. The summed E-state index contributed by atoms with van der Waals surface area (Å²) in [6.45, 7) is 0. The van der Waals surface area contributed by atoms with Crippen LogP contribution in [0.15, 0.2) is 53.6 Å². The average Bonchev–Trinajstić information content (AvgIpc) is 2.89. The van der Waals surface area contributed by atoms with Gasteiger partial charge in [0, 0.05) is 10.6 Å². The summed E-state index contributed by atoms with van der Waals surface area (Å²) in [7, 11) is 0. The summed E-state index contributed by atoms with van der Waals surface area (Å²) in [6.07, 6.45) is 1.64. The second-order valence-electron chi connectivity index (χ2n) is 4.51. The van der Waals surface area contributed by atoms with Gasteiger partial charge in [0.1, 0.15) is 5.75 Å². The van der Waals surface area contributed by atoms with E-state index in [9.17, 15) is 5.11 Å². The number of aromatic nitrogens is 3. The van der Waals surface area contributed by atoms with Gasteiger partial charge in [0.25, 0.3) is 0 Å². The molecule has 0 amide bonds.